The van der Waals surface area contributed by atoms with E-state index in [4.69, 9.17) is 10.8 Å². The fraction of sp³-hybridized carbons (Fsp3) is 0.727. The van der Waals surface area contributed by atoms with Gasteiger partial charge in [0.2, 0.25) is 0 Å². The maximum Gasteiger partial charge on any atom is 0.0822 e. The molecular weight excluding hydrogens is 190 g/mol. The van der Waals surface area contributed by atoms with Gasteiger partial charge in [-0.2, -0.15) is 5.10 Å². The van der Waals surface area contributed by atoms with Crippen molar-refractivity contribution in [2.75, 3.05) is 5.73 Å². The third-order valence-corrected chi connectivity index (χ3v) is 2.46. The molecule has 0 saturated heterocycles. The monoisotopic (exact) mass is 213 g/mol. The summed E-state index contributed by atoms with van der Waals surface area (Å²) in [7, 11) is 1.85. The van der Waals surface area contributed by atoms with Gasteiger partial charge in [-0.3, -0.25) is 4.68 Å². The van der Waals surface area contributed by atoms with Crippen LogP contribution in [0.3, 0.4) is 0 Å². The Hall–Kier alpha value is -1.03. The number of aliphatic hydroxyl groups is 1. The topological polar surface area (TPSA) is 64.1 Å². The summed E-state index contributed by atoms with van der Waals surface area (Å²) in [6, 6.07) is 0. The molecule has 0 fully saturated rings. The van der Waals surface area contributed by atoms with Crippen LogP contribution in [-0.4, -0.2) is 20.5 Å². The fourth-order valence-corrected chi connectivity index (χ4v) is 0.618. The summed E-state index contributed by atoms with van der Waals surface area (Å²) in [5, 5.41) is 13.1. The molecule has 0 aliphatic heterocycles. The molecule has 0 atom stereocenters. The van der Waals surface area contributed by atoms with Gasteiger partial charge in [0.15, 0.2) is 0 Å². The molecule has 15 heavy (non-hydrogen) atoms. The SMILES string of the molecule is CC(C)C(C)(C)O.Cc1nn(C)cc1N. The van der Waals surface area contributed by atoms with E-state index in [9.17, 15) is 0 Å². The Balaban J connectivity index is 0.000000265. The Morgan fingerprint density at radius 3 is 1.93 bits per heavy atom. The molecule has 0 bridgehead atoms. The van der Waals surface area contributed by atoms with Gasteiger partial charge >= 0.3 is 0 Å². The van der Waals surface area contributed by atoms with Crippen molar-refractivity contribution in [1.29, 1.82) is 0 Å². The summed E-state index contributed by atoms with van der Waals surface area (Å²) in [6.07, 6.45) is 1.79. The van der Waals surface area contributed by atoms with Gasteiger partial charge in [0, 0.05) is 13.2 Å². The minimum atomic E-state index is -0.500. The van der Waals surface area contributed by atoms with Crippen molar-refractivity contribution in [3.05, 3.63) is 11.9 Å². The zero-order valence-corrected chi connectivity index (χ0v) is 10.6. The first-order valence-electron chi connectivity index (χ1n) is 5.12. The van der Waals surface area contributed by atoms with Crippen molar-refractivity contribution in [2.45, 2.75) is 40.2 Å². The van der Waals surface area contributed by atoms with Gasteiger partial charge in [0.05, 0.1) is 17.0 Å². The second kappa shape index (κ2) is 5.16. The second-order valence-electron chi connectivity index (χ2n) is 4.65. The van der Waals surface area contributed by atoms with E-state index in [-0.39, 0.29) is 0 Å². The van der Waals surface area contributed by atoms with Crippen LogP contribution in [0.1, 0.15) is 33.4 Å². The smallest absolute Gasteiger partial charge is 0.0822 e. The van der Waals surface area contributed by atoms with Crippen molar-refractivity contribution in [1.82, 2.24) is 9.78 Å². The third kappa shape index (κ3) is 5.42. The normalized spacial score (nSPS) is 11.2. The molecule has 3 N–H and O–H groups in total. The molecule has 0 aliphatic rings. The van der Waals surface area contributed by atoms with Gasteiger partial charge in [-0.05, 0) is 26.7 Å². The summed E-state index contributed by atoms with van der Waals surface area (Å²) < 4.78 is 1.70. The lowest BCUT2D eigenvalue weighted by Crippen LogP contribution is -2.25. The molecule has 1 rings (SSSR count). The van der Waals surface area contributed by atoms with E-state index in [1.54, 1.807) is 10.9 Å². The molecule has 0 radical (unpaired) electrons. The van der Waals surface area contributed by atoms with E-state index in [1.165, 1.54) is 0 Å². The molecule has 4 nitrogen and oxygen atoms in total. The van der Waals surface area contributed by atoms with Crippen molar-refractivity contribution < 1.29 is 5.11 Å². The van der Waals surface area contributed by atoms with E-state index in [1.807, 2.05) is 41.7 Å². The average Bonchev–Trinajstić information content (AvgIpc) is 2.28. The van der Waals surface area contributed by atoms with Crippen LogP contribution >= 0.6 is 0 Å². The number of nitrogen functional groups attached to an aromatic ring is 1. The number of nitrogens with two attached hydrogens (primary N) is 1. The van der Waals surface area contributed by atoms with Gasteiger partial charge in [-0.1, -0.05) is 13.8 Å². The number of hydrogen-bond acceptors (Lipinski definition) is 3. The number of aromatic nitrogens is 2. The lowest BCUT2D eigenvalue weighted by molar-refractivity contribution is 0.0327. The molecule has 4 heteroatoms. The van der Waals surface area contributed by atoms with Crippen molar-refractivity contribution in [3.63, 3.8) is 0 Å². The van der Waals surface area contributed by atoms with E-state index in [2.05, 4.69) is 5.10 Å². The van der Waals surface area contributed by atoms with Crippen molar-refractivity contribution >= 4 is 5.69 Å². The van der Waals surface area contributed by atoms with Crippen LogP contribution in [0.4, 0.5) is 5.69 Å². The Kier molecular flexibility index (Phi) is 4.81. The predicted octanol–water partition coefficient (Wildman–Crippen LogP) is 1.72. The van der Waals surface area contributed by atoms with Gasteiger partial charge in [0.25, 0.3) is 0 Å². The number of hydrogen-bond donors (Lipinski definition) is 2. The number of nitrogens with zero attached hydrogens (tertiary/aromatic N) is 2. The number of rotatable bonds is 1. The first-order chi connectivity index (χ1) is 6.64. The van der Waals surface area contributed by atoms with Crippen LogP contribution in [-0.2, 0) is 7.05 Å². The van der Waals surface area contributed by atoms with Crippen LogP contribution in [0.25, 0.3) is 0 Å². The molecule has 0 saturated carbocycles. The Bertz CT molecular complexity index is 278. The molecule has 0 aromatic carbocycles. The summed E-state index contributed by atoms with van der Waals surface area (Å²) >= 11 is 0. The summed E-state index contributed by atoms with van der Waals surface area (Å²) in [5.74, 6) is 0.354. The Morgan fingerprint density at radius 2 is 1.87 bits per heavy atom. The molecule has 1 aromatic heterocycles. The third-order valence-electron chi connectivity index (χ3n) is 2.46. The molecule has 0 spiro atoms. The first-order valence-corrected chi connectivity index (χ1v) is 5.12. The standard InChI is InChI=1S/C6H14O.C5H9N3/c1-5(2)6(3,4)7;1-4-5(6)3-8(2)7-4/h5,7H,1-4H3;3H,6H2,1-2H3. The van der Waals surface area contributed by atoms with Crippen LogP contribution < -0.4 is 5.73 Å². The predicted molar refractivity (Wildman–Crippen MR) is 63.5 cm³/mol. The van der Waals surface area contributed by atoms with Crippen LogP contribution in [0.15, 0.2) is 6.20 Å². The molecule has 88 valence electrons. The number of aryl methyl sites for hydroxylation is 2. The Morgan fingerprint density at radius 1 is 1.47 bits per heavy atom. The van der Waals surface area contributed by atoms with Gasteiger partial charge in [-0.15, -0.1) is 0 Å². The second-order valence-corrected chi connectivity index (χ2v) is 4.65. The van der Waals surface area contributed by atoms with Gasteiger partial charge < -0.3 is 10.8 Å². The molecule has 0 aliphatic carbocycles. The van der Waals surface area contributed by atoms with Gasteiger partial charge in [0.1, 0.15) is 0 Å². The minimum absolute atomic E-state index is 0.354. The molecule has 0 amide bonds. The quantitative estimate of drug-likeness (QED) is 0.746. The maximum absolute atomic E-state index is 9.09. The maximum atomic E-state index is 9.09. The highest BCUT2D eigenvalue weighted by Crippen LogP contribution is 2.13. The van der Waals surface area contributed by atoms with Gasteiger partial charge in [-0.25, -0.2) is 0 Å². The minimum Gasteiger partial charge on any atom is -0.396 e. The van der Waals surface area contributed by atoms with Crippen LogP contribution in [0, 0.1) is 12.8 Å². The molecular formula is C11H23N3O. The largest absolute Gasteiger partial charge is 0.396 e. The summed E-state index contributed by atoms with van der Waals surface area (Å²) in [5.41, 5.74) is 6.61. The first kappa shape index (κ1) is 14.0. The molecule has 0 unspecified atom stereocenters. The zero-order valence-electron chi connectivity index (χ0n) is 10.6. The van der Waals surface area contributed by atoms with E-state index in [0.29, 0.717) is 5.92 Å². The van der Waals surface area contributed by atoms with Crippen molar-refractivity contribution in [3.8, 4) is 0 Å². The number of anilines is 1. The van der Waals surface area contributed by atoms with E-state index in [0.717, 1.165) is 11.4 Å². The lowest BCUT2D eigenvalue weighted by Gasteiger charge is -2.21. The van der Waals surface area contributed by atoms with E-state index < -0.39 is 5.60 Å². The van der Waals surface area contributed by atoms with Crippen LogP contribution in [0.5, 0.6) is 0 Å². The average molecular weight is 213 g/mol. The molecule has 1 aromatic rings. The summed E-state index contributed by atoms with van der Waals surface area (Å²) in [4.78, 5) is 0. The van der Waals surface area contributed by atoms with Crippen molar-refractivity contribution in [2.24, 2.45) is 13.0 Å². The highest BCUT2D eigenvalue weighted by Gasteiger charge is 2.16. The highest BCUT2D eigenvalue weighted by atomic mass is 16.3. The summed E-state index contributed by atoms with van der Waals surface area (Å²) in [6.45, 7) is 9.52. The highest BCUT2D eigenvalue weighted by molar-refractivity contribution is 5.39. The molecule has 1 heterocycles. The fourth-order valence-electron chi connectivity index (χ4n) is 0.618. The Labute approximate surface area is 92.1 Å². The van der Waals surface area contributed by atoms with E-state index >= 15 is 0 Å². The zero-order chi connectivity index (χ0) is 12.2. The lowest BCUT2D eigenvalue weighted by atomic mass is 9.95. The van der Waals surface area contributed by atoms with Crippen LogP contribution in [0.2, 0.25) is 0 Å².